The highest BCUT2D eigenvalue weighted by atomic mass is 80.0. The van der Waals surface area contributed by atoms with E-state index in [0.717, 1.165) is 0 Å². The van der Waals surface area contributed by atoms with Gasteiger partial charge < -0.3 is 10.6 Å². The number of rotatable bonds is 5. The first-order chi connectivity index (χ1) is 11.6. The summed E-state index contributed by atoms with van der Waals surface area (Å²) in [6.07, 6.45) is -0.611. The number of carbonyl (C=O) groups is 1. The summed E-state index contributed by atoms with van der Waals surface area (Å²) in [6.45, 7) is 0. The van der Waals surface area contributed by atoms with Crippen LogP contribution in [-0.4, -0.2) is 22.6 Å². The number of carbonyl (C=O) groups excluding carboxylic acids is 1. The van der Waals surface area contributed by atoms with Crippen LogP contribution in [0.2, 0.25) is 0 Å². The molecule has 2 rings (SSSR count). The van der Waals surface area contributed by atoms with Crippen LogP contribution in [0.1, 0.15) is 10.4 Å². The fourth-order valence-corrected chi connectivity index (χ4v) is 3.11. The van der Waals surface area contributed by atoms with Crippen LogP contribution in [-0.2, 0) is 10.0 Å². The lowest BCUT2D eigenvalue weighted by Crippen LogP contribution is -2.48. The van der Waals surface area contributed by atoms with Gasteiger partial charge in [-0.3, -0.25) is 4.79 Å². The molecule has 0 fully saturated rings. The lowest BCUT2D eigenvalue weighted by molar-refractivity contribution is 0.0943. The van der Waals surface area contributed by atoms with E-state index in [1.165, 1.54) is 12.1 Å². The smallest absolute Gasteiger partial charge is 0.252 e. The molecule has 2 aromatic carbocycles. The molecule has 0 unspecified atom stereocenters. The van der Waals surface area contributed by atoms with Crippen molar-refractivity contribution in [3.05, 3.63) is 60.2 Å². The molecule has 0 aliphatic carbocycles. The first-order valence-corrected chi connectivity index (χ1v) is 10.8. The van der Waals surface area contributed by atoms with Gasteiger partial charge in [-0.05, 0) is 36.4 Å². The number of amides is 1. The minimum atomic E-state index is -3.76. The lowest BCUT2D eigenvalue weighted by Gasteiger charge is -2.28. The molecule has 0 aliphatic heterocycles. The van der Waals surface area contributed by atoms with Crippen LogP contribution in [0, 0.1) is 0 Å². The van der Waals surface area contributed by atoms with Gasteiger partial charge in [0.1, 0.15) is 6.17 Å². The van der Waals surface area contributed by atoms with Crippen LogP contribution in [0.4, 0.5) is 5.69 Å². The van der Waals surface area contributed by atoms with Crippen LogP contribution >= 0.6 is 47.8 Å². The standard InChI is InChI=1S/C15H14Br3N3O3S/c16-15(17,18)14(21-13(22)10-4-2-1-3-5-10)20-11-6-8-12(9-7-11)25(19,23)24/h1-9,14,20H,(H,21,22)(H2,19,23,24)/t14-/m0/s1. The average Bonchev–Trinajstić information content (AvgIpc) is 2.54. The topological polar surface area (TPSA) is 101 Å². The van der Waals surface area contributed by atoms with Crippen molar-refractivity contribution in [3.8, 4) is 0 Å². The van der Waals surface area contributed by atoms with E-state index in [2.05, 4.69) is 58.4 Å². The second-order valence-corrected chi connectivity index (χ2v) is 13.5. The van der Waals surface area contributed by atoms with E-state index < -0.39 is 18.3 Å². The van der Waals surface area contributed by atoms with Gasteiger partial charge in [-0.25, -0.2) is 13.6 Å². The summed E-state index contributed by atoms with van der Waals surface area (Å²) in [5, 5.41) is 11.0. The van der Waals surface area contributed by atoms with Crippen LogP contribution < -0.4 is 15.8 Å². The second-order valence-electron chi connectivity index (χ2n) is 5.03. The SMILES string of the molecule is NS(=O)(=O)c1ccc(N[C@@H](NC(=O)c2ccccc2)C(Br)(Br)Br)cc1. The largest absolute Gasteiger partial charge is 0.363 e. The quantitative estimate of drug-likeness (QED) is 0.389. The van der Waals surface area contributed by atoms with Gasteiger partial charge in [0.25, 0.3) is 5.91 Å². The number of primary sulfonamides is 1. The summed E-state index contributed by atoms with van der Waals surface area (Å²) in [7, 11) is -3.76. The van der Waals surface area contributed by atoms with Crippen molar-refractivity contribution >= 4 is 69.4 Å². The summed E-state index contributed by atoms with van der Waals surface area (Å²) in [6, 6.07) is 14.6. The summed E-state index contributed by atoms with van der Waals surface area (Å²) >= 11 is 10.2. The van der Waals surface area contributed by atoms with Gasteiger partial charge in [0.15, 0.2) is 2.14 Å². The molecule has 0 spiro atoms. The maximum Gasteiger partial charge on any atom is 0.252 e. The third kappa shape index (κ3) is 6.07. The zero-order valence-electron chi connectivity index (χ0n) is 12.6. The lowest BCUT2D eigenvalue weighted by atomic mass is 10.2. The van der Waals surface area contributed by atoms with Crippen molar-refractivity contribution < 1.29 is 13.2 Å². The Bertz CT molecular complexity index is 838. The van der Waals surface area contributed by atoms with Crippen molar-refractivity contribution in [3.63, 3.8) is 0 Å². The highest BCUT2D eigenvalue weighted by Crippen LogP contribution is 2.37. The van der Waals surface area contributed by atoms with Crippen molar-refractivity contribution in [2.24, 2.45) is 5.14 Å². The first kappa shape index (κ1) is 20.4. The Morgan fingerprint density at radius 3 is 2.04 bits per heavy atom. The molecule has 0 bridgehead atoms. The number of hydrogen-bond donors (Lipinski definition) is 3. The molecule has 1 amide bonds. The van der Waals surface area contributed by atoms with E-state index in [1.807, 2.05) is 6.07 Å². The van der Waals surface area contributed by atoms with Gasteiger partial charge in [0.2, 0.25) is 10.0 Å². The molecule has 0 saturated carbocycles. The summed E-state index contributed by atoms with van der Waals surface area (Å²) in [5.74, 6) is -0.276. The minimum absolute atomic E-state index is 0.00529. The molecule has 10 heteroatoms. The first-order valence-electron chi connectivity index (χ1n) is 6.89. The number of anilines is 1. The van der Waals surface area contributed by atoms with Crippen molar-refractivity contribution in [2.45, 2.75) is 13.2 Å². The summed E-state index contributed by atoms with van der Waals surface area (Å²) in [4.78, 5) is 12.4. The molecule has 134 valence electrons. The predicted octanol–water partition coefficient (Wildman–Crippen LogP) is 3.34. The van der Waals surface area contributed by atoms with Gasteiger partial charge in [0.05, 0.1) is 4.90 Å². The van der Waals surface area contributed by atoms with E-state index in [1.54, 1.807) is 36.4 Å². The highest BCUT2D eigenvalue weighted by Gasteiger charge is 2.32. The van der Waals surface area contributed by atoms with Gasteiger partial charge in [-0.2, -0.15) is 0 Å². The van der Waals surface area contributed by atoms with E-state index in [-0.39, 0.29) is 10.8 Å². The van der Waals surface area contributed by atoms with Gasteiger partial charge in [-0.1, -0.05) is 66.0 Å². The normalized spacial score (nSPS) is 13.1. The Morgan fingerprint density at radius 2 is 1.56 bits per heavy atom. The number of benzene rings is 2. The highest BCUT2D eigenvalue weighted by molar-refractivity contribution is 9.39. The van der Waals surface area contributed by atoms with Crippen molar-refractivity contribution in [2.75, 3.05) is 5.32 Å². The fourth-order valence-electron chi connectivity index (χ4n) is 1.91. The molecular weight excluding hydrogens is 542 g/mol. The molecule has 6 nitrogen and oxygen atoms in total. The van der Waals surface area contributed by atoms with E-state index in [0.29, 0.717) is 11.3 Å². The zero-order chi connectivity index (χ0) is 18.7. The summed E-state index contributed by atoms with van der Waals surface area (Å²) in [5.41, 5.74) is 1.10. The number of halogens is 3. The maximum absolute atomic E-state index is 12.4. The molecule has 0 aromatic heterocycles. The number of hydrogen-bond acceptors (Lipinski definition) is 4. The number of sulfonamides is 1. The molecule has 1 atom stereocenters. The minimum Gasteiger partial charge on any atom is -0.363 e. The van der Waals surface area contributed by atoms with Crippen LogP contribution in [0.15, 0.2) is 59.5 Å². The molecule has 0 saturated heterocycles. The van der Waals surface area contributed by atoms with E-state index in [9.17, 15) is 13.2 Å². The number of nitrogens with two attached hydrogens (primary N) is 1. The molecule has 0 aliphatic rings. The Hall–Kier alpha value is -0.940. The maximum atomic E-state index is 12.4. The van der Waals surface area contributed by atoms with Crippen molar-refractivity contribution in [1.29, 1.82) is 0 Å². The second kappa shape index (κ2) is 8.17. The zero-order valence-corrected chi connectivity index (χ0v) is 18.2. The third-order valence-corrected chi connectivity index (χ3v) is 5.44. The Balaban J connectivity index is 2.17. The van der Waals surface area contributed by atoms with Crippen LogP contribution in [0.5, 0.6) is 0 Å². The Morgan fingerprint density at radius 1 is 1.00 bits per heavy atom. The molecule has 4 N–H and O–H groups in total. The summed E-state index contributed by atoms with van der Waals surface area (Å²) < 4.78 is 21.8. The third-order valence-electron chi connectivity index (χ3n) is 3.13. The van der Waals surface area contributed by atoms with E-state index >= 15 is 0 Å². The molecule has 0 heterocycles. The van der Waals surface area contributed by atoms with Crippen molar-refractivity contribution in [1.82, 2.24) is 5.32 Å². The van der Waals surface area contributed by atoms with Gasteiger partial charge in [0, 0.05) is 11.3 Å². The van der Waals surface area contributed by atoms with Gasteiger partial charge >= 0.3 is 0 Å². The molecule has 2 aromatic rings. The molecule has 0 radical (unpaired) electrons. The van der Waals surface area contributed by atoms with Crippen LogP contribution in [0.25, 0.3) is 0 Å². The predicted molar refractivity (Wildman–Crippen MR) is 109 cm³/mol. The Kier molecular flexibility index (Phi) is 6.66. The van der Waals surface area contributed by atoms with E-state index in [4.69, 9.17) is 5.14 Å². The van der Waals surface area contributed by atoms with Gasteiger partial charge in [-0.15, -0.1) is 0 Å². The monoisotopic (exact) mass is 553 g/mol. The molecular formula is C15H14Br3N3O3S. The Labute approximate surface area is 171 Å². The average molecular weight is 556 g/mol. The van der Waals surface area contributed by atoms with Crippen LogP contribution in [0.3, 0.4) is 0 Å². The number of nitrogens with one attached hydrogen (secondary N) is 2. The number of alkyl halides is 3. The molecule has 25 heavy (non-hydrogen) atoms. The fraction of sp³-hybridized carbons (Fsp3) is 0.133.